The summed E-state index contributed by atoms with van der Waals surface area (Å²) >= 11 is 1.37. The molecule has 1 saturated heterocycles. The van der Waals surface area contributed by atoms with Crippen LogP contribution in [0.4, 0.5) is 11.6 Å². The zero-order valence-electron chi connectivity index (χ0n) is 16.2. The van der Waals surface area contributed by atoms with Gasteiger partial charge in [0.05, 0.1) is 12.0 Å². The lowest BCUT2D eigenvalue weighted by atomic mass is 10.2. The molecule has 3 aromatic heterocycles. The zero-order valence-corrected chi connectivity index (χ0v) is 17.0. The number of aromatic nitrogens is 4. The lowest BCUT2D eigenvalue weighted by Crippen LogP contribution is -2.47. The third-order valence-corrected chi connectivity index (χ3v) is 6.01. The van der Waals surface area contributed by atoms with Gasteiger partial charge in [-0.05, 0) is 32.4 Å². The van der Waals surface area contributed by atoms with Gasteiger partial charge in [-0.25, -0.2) is 24.7 Å². The van der Waals surface area contributed by atoms with Crippen molar-refractivity contribution < 1.29 is 9.53 Å². The first-order chi connectivity index (χ1) is 13.6. The van der Waals surface area contributed by atoms with Crippen molar-refractivity contribution >= 4 is 39.2 Å². The molecule has 0 radical (unpaired) electrons. The second-order valence-electron chi connectivity index (χ2n) is 6.59. The van der Waals surface area contributed by atoms with Crippen LogP contribution in [-0.4, -0.2) is 58.7 Å². The van der Waals surface area contributed by atoms with Crippen molar-refractivity contribution in [1.82, 2.24) is 19.9 Å². The van der Waals surface area contributed by atoms with Gasteiger partial charge in [0, 0.05) is 32.4 Å². The second-order valence-corrected chi connectivity index (χ2v) is 7.59. The van der Waals surface area contributed by atoms with Crippen LogP contribution in [0.15, 0.2) is 18.6 Å². The molecule has 0 saturated carbocycles. The number of anilines is 2. The molecule has 1 aliphatic heterocycles. The Morgan fingerprint density at radius 3 is 2.61 bits per heavy atom. The molecule has 3 aromatic rings. The number of rotatable bonds is 4. The SMILES string of the molecule is CCOC(=O)c1sc2ncnc(N3CCN(c4ccnc(C)n4)CC3)c2c1C. The molecule has 0 bridgehead atoms. The number of thiophene rings is 1. The molecule has 0 atom stereocenters. The van der Waals surface area contributed by atoms with Gasteiger partial charge in [-0.2, -0.15) is 0 Å². The van der Waals surface area contributed by atoms with E-state index in [2.05, 4.69) is 29.7 Å². The fraction of sp³-hybridized carbons (Fsp3) is 0.421. The number of ether oxygens (including phenoxy) is 1. The number of aryl methyl sites for hydroxylation is 2. The van der Waals surface area contributed by atoms with Gasteiger partial charge in [0.2, 0.25) is 0 Å². The molecule has 146 valence electrons. The van der Waals surface area contributed by atoms with Crippen LogP contribution in [0.5, 0.6) is 0 Å². The predicted octanol–water partition coefficient (Wildman–Crippen LogP) is 2.60. The van der Waals surface area contributed by atoms with Crippen LogP contribution in [-0.2, 0) is 4.74 Å². The van der Waals surface area contributed by atoms with E-state index in [1.165, 1.54) is 11.3 Å². The van der Waals surface area contributed by atoms with E-state index >= 15 is 0 Å². The fourth-order valence-electron chi connectivity index (χ4n) is 3.45. The molecule has 0 aromatic carbocycles. The van der Waals surface area contributed by atoms with Gasteiger partial charge in [0.1, 0.15) is 33.5 Å². The minimum atomic E-state index is -0.294. The molecule has 9 heteroatoms. The van der Waals surface area contributed by atoms with E-state index in [0.717, 1.165) is 59.4 Å². The third kappa shape index (κ3) is 3.37. The summed E-state index contributed by atoms with van der Waals surface area (Å²) in [5, 5.41) is 0.946. The smallest absolute Gasteiger partial charge is 0.348 e. The monoisotopic (exact) mass is 398 g/mol. The number of esters is 1. The van der Waals surface area contributed by atoms with Crippen molar-refractivity contribution in [2.24, 2.45) is 0 Å². The summed E-state index contributed by atoms with van der Waals surface area (Å²) in [6, 6.07) is 1.94. The molecule has 1 fully saturated rings. The van der Waals surface area contributed by atoms with Crippen molar-refractivity contribution in [2.45, 2.75) is 20.8 Å². The number of piperazine rings is 1. The Labute approximate surface area is 167 Å². The summed E-state index contributed by atoms with van der Waals surface area (Å²) < 4.78 is 5.19. The van der Waals surface area contributed by atoms with Gasteiger partial charge in [-0.3, -0.25) is 0 Å². The van der Waals surface area contributed by atoms with Crippen LogP contribution in [0.2, 0.25) is 0 Å². The van der Waals surface area contributed by atoms with Crippen molar-refractivity contribution in [3.63, 3.8) is 0 Å². The van der Waals surface area contributed by atoms with E-state index in [1.807, 2.05) is 26.8 Å². The average Bonchev–Trinajstić information content (AvgIpc) is 3.05. The Morgan fingerprint density at radius 2 is 1.89 bits per heavy atom. The van der Waals surface area contributed by atoms with Crippen LogP contribution in [0, 0.1) is 13.8 Å². The Hall–Kier alpha value is -2.81. The highest BCUT2D eigenvalue weighted by Crippen LogP contribution is 2.35. The topological polar surface area (TPSA) is 84.3 Å². The highest BCUT2D eigenvalue weighted by atomic mass is 32.1. The minimum absolute atomic E-state index is 0.294. The van der Waals surface area contributed by atoms with E-state index in [-0.39, 0.29) is 5.97 Å². The van der Waals surface area contributed by atoms with Gasteiger partial charge < -0.3 is 14.5 Å². The molecule has 0 spiro atoms. The molecule has 4 heterocycles. The maximum absolute atomic E-state index is 12.3. The largest absolute Gasteiger partial charge is 0.462 e. The normalized spacial score (nSPS) is 14.5. The van der Waals surface area contributed by atoms with Crippen LogP contribution in [0.3, 0.4) is 0 Å². The van der Waals surface area contributed by atoms with Gasteiger partial charge >= 0.3 is 5.97 Å². The fourth-order valence-corrected chi connectivity index (χ4v) is 4.49. The summed E-state index contributed by atoms with van der Waals surface area (Å²) in [5.41, 5.74) is 0.892. The lowest BCUT2D eigenvalue weighted by Gasteiger charge is -2.36. The molecule has 1 aliphatic rings. The second kappa shape index (κ2) is 7.67. The van der Waals surface area contributed by atoms with Gasteiger partial charge in [0.25, 0.3) is 0 Å². The Balaban J connectivity index is 1.59. The van der Waals surface area contributed by atoms with Gasteiger partial charge in [0.15, 0.2) is 0 Å². The summed E-state index contributed by atoms with van der Waals surface area (Å²) in [5.74, 6) is 2.32. The highest BCUT2D eigenvalue weighted by molar-refractivity contribution is 7.20. The maximum atomic E-state index is 12.3. The summed E-state index contributed by atoms with van der Waals surface area (Å²) in [6.45, 7) is 9.33. The Kier molecular flexibility index (Phi) is 5.08. The van der Waals surface area contributed by atoms with Gasteiger partial charge in [-0.15, -0.1) is 11.3 Å². The molecular formula is C19H22N6O2S. The maximum Gasteiger partial charge on any atom is 0.348 e. The minimum Gasteiger partial charge on any atom is -0.462 e. The van der Waals surface area contributed by atoms with E-state index < -0.39 is 0 Å². The van der Waals surface area contributed by atoms with Crippen molar-refractivity contribution in [3.8, 4) is 0 Å². The summed E-state index contributed by atoms with van der Waals surface area (Å²) in [4.78, 5) is 35.8. The molecule has 4 rings (SSSR count). The number of hydrogen-bond donors (Lipinski definition) is 0. The molecule has 0 N–H and O–H groups in total. The first-order valence-corrected chi connectivity index (χ1v) is 10.1. The molecule has 28 heavy (non-hydrogen) atoms. The number of hydrogen-bond acceptors (Lipinski definition) is 9. The Morgan fingerprint density at radius 1 is 1.14 bits per heavy atom. The van der Waals surface area contributed by atoms with Crippen molar-refractivity contribution in [3.05, 3.63) is 34.9 Å². The molecular weight excluding hydrogens is 376 g/mol. The Bertz CT molecular complexity index is 1010. The van der Waals surface area contributed by atoms with E-state index in [1.54, 1.807) is 12.5 Å². The van der Waals surface area contributed by atoms with Crippen molar-refractivity contribution in [2.75, 3.05) is 42.6 Å². The highest BCUT2D eigenvalue weighted by Gasteiger charge is 2.25. The first kappa shape index (κ1) is 18.5. The summed E-state index contributed by atoms with van der Waals surface area (Å²) in [6.07, 6.45) is 3.37. The predicted molar refractivity (Wildman–Crippen MR) is 109 cm³/mol. The van der Waals surface area contributed by atoms with Crippen LogP contribution >= 0.6 is 11.3 Å². The molecule has 0 unspecified atom stereocenters. The molecule has 8 nitrogen and oxygen atoms in total. The lowest BCUT2D eigenvalue weighted by molar-refractivity contribution is 0.0531. The van der Waals surface area contributed by atoms with E-state index in [0.29, 0.717) is 11.5 Å². The van der Waals surface area contributed by atoms with Crippen LogP contribution in [0.1, 0.15) is 28.0 Å². The molecule has 0 amide bonds. The molecule has 0 aliphatic carbocycles. The van der Waals surface area contributed by atoms with Gasteiger partial charge in [-0.1, -0.05) is 0 Å². The zero-order chi connectivity index (χ0) is 19.7. The van der Waals surface area contributed by atoms with E-state index in [4.69, 9.17) is 4.74 Å². The third-order valence-electron chi connectivity index (χ3n) is 4.83. The number of nitrogens with zero attached hydrogens (tertiary/aromatic N) is 6. The average molecular weight is 398 g/mol. The first-order valence-electron chi connectivity index (χ1n) is 9.29. The van der Waals surface area contributed by atoms with E-state index in [9.17, 15) is 4.79 Å². The standard InChI is InChI=1S/C19H22N6O2S/c1-4-27-19(26)16-12(2)15-17(21-11-22-18(15)28-16)25-9-7-24(8-10-25)14-5-6-20-13(3)23-14/h5-6,11H,4,7-10H2,1-3H3. The quantitative estimate of drug-likeness (QED) is 0.620. The number of carbonyl (C=O) groups is 1. The van der Waals surface area contributed by atoms with Crippen LogP contribution in [0.25, 0.3) is 10.2 Å². The van der Waals surface area contributed by atoms with Crippen LogP contribution < -0.4 is 9.80 Å². The number of carbonyl (C=O) groups excluding carboxylic acids is 1. The summed E-state index contributed by atoms with van der Waals surface area (Å²) in [7, 11) is 0. The number of fused-ring (bicyclic) bond motifs is 1. The van der Waals surface area contributed by atoms with Crippen molar-refractivity contribution in [1.29, 1.82) is 0 Å².